The van der Waals surface area contributed by atoms with Crippen molar-refractivity contribution in [2.45, 2.75) is 25.3 Å². The second-order valence-corrected chi connectivity index (χ2v) is 8.56. The van der Waals surface area contributed by atoms with Gasteiger partial charge in [0.2, 0.25) is 5.91 Å². The predicted octanol–water partition coefficient (Wildman–Crippen LogP) is 0.846. The number of aryl methyl sites for hydroxylation is 1. The highest BCUT2D eigenvalue weighted by molar-refractivity contribution is 14.0. The fraction of sp³-hybridized carbons (Fsp3) is 0.762. The van der Waals surface area contributed by atoms with Crippen LogP contribution < -0.4 is 5.32 Å². The van der Waals surface area contributed by atoms with Crippen molar-refractivity contribution in [1.29, 1.82) is 0 Å². The molecule has 9 nitrogen and oxygen atoms in total. The van der Waals surface area contributed by atoms with Crippen molar-refractivity contribution < 1.29 is 4.79 Å². The molecule has 31 heavy (non-hydrogen) atoms. The Bertz CT molecular complexity index is 708. The van der Waals surface area contributed by atoms with Crippen LogP contribution >= 0.6 is 24.0 Å². The third-order valence-corrected chi connectivity index (χ3v) is 6.14. The first-order valence-corrected chi connectivity index (χ1v) is 11.1. The van der Waals surface area contributed by atoms with Crippen LogP contribution in [0.15, 0.2) is 17.4 Å². The Kier molecular flexibility index (Phi) is 10.5. The number of nitrogens with zero attached hydrogens (tertiary/aromatic N) is 7. The molecule has 2 aliphatic rings. The molecule has 1 aromatic heterocycles. The number of carbonyl (C=O) groups is 1. The minimum absolute atomic E-state index is 0. The number of piperazine rings is 1. The maximum absolute atomic E-state index is 12.5. The zero-order chi connectivity index (χ0) is 21.5. The van der Waals surface area contributed by atoms with Gasteiger partial charge in [0.15, 0.2) is 5.96 Å². The molecule has 0 spiro atoms. The van der Waals surface area contributed by atoms with E-state index < -0.39 is 0 Å². The Labute approximate surface area is 203 Å². The van der Waals surface area contributed by atoms with Gasteiger partial charge in [-0.25, -0.2) is 0 Å². The number of aliphatic imine (C=N–C) groups is 1. The molecule has 0 bridgehead atoms. The van der Waals surface area contributed by atoms with Gasteiger partial charge in [-0.3, -0.25) is 19.4 Å². The van der Waals surface area contributed by atoms with Crippen LogP contribution in [0.1, 0.15) is 30.9 Å². The predicted molar refractivity (Wildman–Crippen MR) is 135 cm³/mol. The number of hydrogen-bond acceptors (Lipinski definition) is 5. The van der Waals surface area contributed by atoms with Gasteiger partial charge in [-0.05, 0) is 33.4 Å². The Morgan fingerprint density at radius 2 is 1.81 bits per heavy atom. The summed E-state index contributed by atoms with van der Waals surface area (Å²) in [5.74, 6) is 1.21. The van der Waals surface area contributed by atoms with E-state index in [-0.39, 0.29) is 35.9 Å². The number of carbonyl (C=O) groups excluding carboxylic acids is 1. The molecule has 1 aromatic rings. The molecular formula is C21H39IN8O. The number of rotatable bonds is 6. The van der Waals surface area contributed by atoms with Gasteiger partial charge in [-0.15, -0.1) is 24.0 Å². The fourth-order valence-corrected chi connectivity index (χ4v) is 4.28. The number of likely N-dealkylation sites (tertiary alicyclic amines) is 1. The van der Waals surface area contributed by atoms with Crippen molar-refractivity contribution in [3.63, 3.8) is 0 Å². The van der Waals surface area contributed by atoms with Crippen LogP contribution in [0.4, 0.5) is 0 Å². The molecule has 3 rings (SSSR count). The van der Waals surface area contributed by atoms with Gasteiger partial charge in [-0.1, -0.05) is 0 Å². The summed E-state index contributed by atoms with van der Waals surface area (Å²) in [7, 11) is 7.95. The molecule has 3 heterocycles. The average molecular weight is 547 g/mol. The maximum atomic E-state index is 12.5. The molecule has 1 unspecified atom stereocenters. The molecule has 0 aliphatic carbocycles. The van der Waals surface area contributed by atoms with Crippen molar-refractivity contribution in [1.82, 2.24) is 34.7 Å². The van der Waals surface area contributed by atoms with Gasteiger partial charge in [0.1, 0.15) is 0 Å². The van der Waals surface area contributed by atoms with Crippen molar-refractivity contribution in [3.05, 3.63) is 18.0 Å². The summed E-state index contributed by atoms with van der Waals surface area (Å²) in [5, 5.41) is 7.85. The topological polar surface area (TPSA) is 72.2 Å². The largest absolute Gasteiger partial charge is 0.354 e. The van der Waals surface area contributed by atoms with E-state index in [2.05, 4.69) is 50.4 Å². The summed E-state index contributed by atoms with van der Waals surface area (Å²) in [6, 6.07) is 0.221. The molecule has 10 heteroatoms. The zero-order valence-electron chi connectivity index (χ0n) is 19.5. The number of guanidine groups is 1. The summed E-state index contributed by atoms with van der Waals surface area (Å²) in [5.41, 5.74) is 1.19. The average Bonchev–Trinajstić information content (AvgIpc) is 3.18. The highest BCUT2D eigenvalue weighted by Crippen LogP contribution is 2.16. The Morgan fingerprint density at radius 3 is 2.35 bits per heavy atom. The van der Waals surface area contributed by atoms with E-state index in [1.165, 1.54) is 12.0 Å². The molecule has 1 amide bonds. The van der Waals surface area contributed by atoms with E-state index in [9.17, 15) is 4.79 Å². The summed E-state index contributed by atoms with van der Waals surface area (Å²) < 4.78 is 1.84. The van der Waals surface area contributed by atoms with Crippen LogP contribution in [0, 0.1) is 0 Å². The summed E-state index contributed by atoms with van der Waals surface area (Å²) >= 11 is 0. The van der Waals surface area contributed by atoms with Crippen LogP contribution in [-0.2, 0) is 11.8 Å². The maximum Gasteiger partial charge on any atom is 0.236 e. The van der Waals surface area contributed by atoms with Crippen LogP contribution in [-0.4, -0.2) is 115 Å². The second kappa shape index (κ2) is 12.6. The smallest absolute Gasteiger partial charge is 0.236 e. The minimum atomic E-state index is 0. The number of aromatic nitrogens is 2. The monoisotopic (exact) mass is 546 g/mol. The molecule has 176 valence electrons. The lowest BCUT2D eigenvalue weighted by Crippen LogP contribution is -2.55. The van der Waals surface area contributed by atoms with E-state index in [1.807, 2.05) is 29.9 Å². The standard InChI is InChI=1S/C21H38N8O.HI/c1-22-21(23-15-19(25(2)3)18-14-24-26(4)16-18)29-12-10-27(11-13-29)17-20(30)28-8-6-5-7-9-28;/h14,16,19H,5-13,15,17H2,1-4H3,(H,22,23);1H. The van der Waals surface area contributed by atoms with Crippen molar-refractivity contribution in [2.75, 3.05) is 73.5 Å². The van der Waals surface area contributed by atoms with E-state index in [0.29, 0.717) is 6.54 Å². The molecule has 1 atom stereocenters. The van der Waals surface area contributed by atoms with E-state index in [0.717, 1.165) is 64.6 Å². The lowest BCUT2D eigenvalue weighted by atomic mass is 10.1. The van der Waals surface area contributed by atoms with Crippen LogP contribution in [0.25, 0.3) is 0 Å². The number of amides is 1. The first-order chi connectivity index (χ1) is 14.5. The summed E-state index contributed by atoms with van der Waals surface area (Å²) in [4.78, 5) is 25.8. The SMILES string of the molecule is CN=C(NCC(c1cnn(C)c1)N(C)C)N1CCN(CC(=O)N2CCCCC2)CC1.I. The first-order valence-electron chi connectivity index (χ1n) is 11.1. The third-order valence-electron chi connectivity index (χ3n) is 6.14. The molecule has 2 fully saturated rings. The molecular weight excluding hydrogens is 507 g/mol. The zero-order valence-corrected chi connectivity index (χ0v) is 21.8. The molecule has 0 radical (unpaired) electrons. The fourth-order valence-electron chi connectivity index (χ4n) is 4.28. The summed E-state index contributed by atoms with van der Waals surface area (Å²) in [6.45, 7) is 6.71. The molecule has 1 N–H and O–H groups in total. The normalized spacial score (nSPS) is 19.3. The van der Waals surface area contributed by atoms with Gasteiger partial charge < -0.3 is 20.0 Å². The second-order valence-electron chi connectivity index (χ2n) is 8.56. The number of nitrogens with one attached hydrogen (secondary N) is 1. The molecule has 2 aliphatic heterocycles. The summed E-state index contributed by atoms with van der Waals surface area (Å²) in [6.07, 6.45) is 7.54. The van der Waals surface area contributed by atoms with E-state index >= 15 is 0 Å². The van der Waals surface area contributed by atoms with Gasteiger partial charge in [0.05, 0.1) is 18.8 Å². The quantitative estimate of drug-likeness (QED) is 0.324. The van der Waals surface area contributed by atoms with Crippen LogP contribution in [0.2, 0.25) is 0 Å². The van der Waals surface area contributed by atoms with Crippen molar-refractivity contribution in [2.24, 2.45) is 12.0 Å². The number of hydrogen-bond donors (Lipinski definition) is 1. The minimum Gasteiger partial charge on any atom is -0.354 e. The lowest BCUT2D eigenvalue weighted by molar-refractivity contribution is -0.133. The highest BCUT2D eigenvalue weighted by Gasteiger charge is 2.25. The molecule has 0 saturated carbocycles. The van der Waals surface area contributed by atoms with Crippen LogP contribution in [0.5, 0.6) is 0 Å². The van der Waals surface area contributed by atoms with E-state index in [4.69, 9.17) is 0 Å². The van der Waals surface area contributed by atoms with Gasteiger partial charge in [-0.2, -0.15) is 5.10 Å². The Morgan fingerprint density at radius 1 is 1.13 bits per heavy atom. The van der Waals surface area contributed by atoms with Gasteiger partial charge >= 0.3 is 0 Å². The molecule has 2 saturated heterocycles. The van der Waals surface area contributed by atoms with Crippen molar-refractivity contribution in [3.8, 4) is 0 Å². The van der Waals surface area contributed by atoms with Gasteiger partial charge in [0, 0.05) is 71.7 Å². The van der Waals surface area contributed by atoms with Gasteiger partial charge in [0.25, 0.3) is 0 Å². The Balaban J connectivity index is 0.00000341. The first kappa shape index (κ1) is 25.9. The van der Waals surface area contributed by atoms with Crippen molar-refractivity contribution >= 4 is 35.8 Å². The molecule has 0 aromatic carbocycles. The lowest BCUT2D eigenvalue weighted by Gasteiger charge is -2.38. The van der Waals surface area contributed by atoms with Crippen LogP contribution in [0.3, 0.4) is 0 Å². The number of halogens is 1. The number of likely N-dealkylation sites (N-methyl/N-ethyl adjacent to an activating group) is 1. The number of piperidine rings is 1. The van der Waals surface area contributed by atoms with E-state index in [1.54, 1.807) is 0 Å². The third kappa shape index (κ3) is 7.31. The Hall–Kier alpha value is -1.40. The highest BCUT2D eigenvalue weighted by atomic mass is 127.